The molecule has 1 heterocycles. The van der Waals surface area contributed by atoms with E-state index in [1.165, 1.54) is 12.1 Å². The van der Waals surface area contributed by atoms with Crippen molar-refractivity contribution in [2.45, 2.75) is 6.42 Å². The molecule has 0 bridgehead atoms. The number of nitrogens with zero attached hydrogens (tertiary/aromatic N) is 1. The summed E-state index contributed by atoms with van der Waals surface area (Å²) in [4.78, 5) is 12.2. The average molecular weight is 221 g/mol. The molecule has 2 nitrogen and oxygen atoms in total. The summed E-state index contributed by atoms with van der Waals surface area (Å²) < 4.78 is 16.7. The lowest BCUT2D eigenvalue weighted by atomic mass is 10.1. The SMILES string of the molecule is O=C(Cc1cccc(F)c1)c1ccns1. The number of carbonyl (C=O) groups excluding carboxylic acids is 1. The number of rotatable bonds is 3. The Bertz CT molecular complexity index is 467. The molecule has 0 N–H and O–H groups in total. The van der Waals surface area contributed by atoms with Crippen molar-refractivity contribution in [1.29, 1.82) is 0 Å². The minimum absolute atomic E-state index is 0.0249. The van der Waals surface area contributed by atoms with E-state index in [9.17, 15) is 9.18 Å². The van der Waals surface area contributed by atoms with Crippen molar-refractivity contribution in [2.75, 3.05) is 0 Å². The quantitative estimate of drug-likeness (QED) is 0.746. The summed E-state index contributed by atoms with van der Waals surface area (Å²) in [5.74, 6) is -0.340. The van der Waals surface area contributed by atoms with E-state index in [1.807, 2.05) is 0 Å². The maximum Gasteiger partial charge on any atom is 0.178 e. The topological polar surface area (TPSA) is 30.0 Å². The highest BCUT2D eigenvalue weighted by Crippen LogP contribution is 2.11. The van der Waals surface area contributed by atoms with Crippen LogP contribution in [0.15, 0.2) is 36.5 Å². The summed E-state index contributed by atoms with van der Waals surface area (Å²) in [6, 6.07) is 7.75. The smallest absolute Gasteiger partial charge is 0.178 e. The van der Waals surface area contributed by atoms with Crippen molar-refractivity contribution < 1.29 is 9.18 Å². The lowest BCUT2D eigenvalue weighted by molar-refractivity contribution is 0.0997. The van der Waals surface area contributed by atoms with Gasteiger partial charge in [-0.05, 0) is 35.3 Å². The zero-order valence-corrected chi connectivity index (χ0v) is 8.63. The molecule has 0 aliphatic heterocycles. The predicted molar refractivity (Wildman–Crippen MR) is 56.5 cm³/mol. The van der Waals surface area contributed by atoms with Gasteiger partial charge in [-0.2, -0.15) is 0 Å². The van der Waals surface area contributed by atoms with Gasteiger partial charge in [-0.1, -0.05) is 12.1 Å². The van der Waals surface area contributed by atoms with E-state index in [2.05, 4.69) is 4.37 Å². The van der Waals surface area contributed by atoms with E-state index < -0.39 is 0 Å². The predicted octanol–water partition coefficient (Wildman–Crippen LogP) is 2.71. The van der Waals surface area contributed by atoms with E-state index in [1.54, 1.807) is 24.4 Å². The largest absolute Gasteiger partial charge is 0.293 e. The number of Topliss-reactive ketones (excluding diaryl/α,β-unsaturated/α-hetero) is 1. The van der Waals surface area contributed by atoms with Gasteiger partial charge in [-0.15, -0.1) is 0 Å². The van der Waals surface area contributed by atoms with Crippen LogP contribution in [0.3, 0.4) is 0 Å². The summed E-state index contributed by atoms with van der Waals surface area (Å²) in [5, 5.41) is 0. The van der Waals surface area contributed by atoms with Crippen LogP contribution >= 0.6 is 11.5 Å². The summed E-state index contributed by atoms with van der Waals surface area (Å²) in [6.45, 7) is 0. The second kappa shape index (κ2) is 4.31. The van der Waals surface area contributed by atoms with Gasteiger partial charge in [0.1, 0.15) is 5.82 Å². The molecule has 0 amide bonds. The molecule has 0 aliphatic carbocycles. The molecule has 4 heteroatoms. The Morgan fingerprint density at radius 2 is 2.27 bits per heavy atom. The molecular weight excluding hydrogens is 213 g/mol. The van der Waals surface area contributed by atoms with Gasteiger partial charge in [0.05, 0.1) is 4.88 Å². The Balaban J connectivity index is 2.13. The molecule has 0 aliphatic rings. The Kier molecular flexibility index (Phi) is 2.87. The highest BCUT2D eigenvalue weighted by Gasteiger charge is 2.08. The van der Waals surface area contributed by atoms with Crippen LogP contribution in [0, 0.1) is 5.82 Å². The molecule has 0 atom stereocenters. The first-order chi connectivity index (χ1) is 7.25. The van der Waals surface area contributed by atoms with Gasteiger partial charge in [-0.25, -0.2) is 8.76 Å². The second-order valence-corrected chi connectivity index (χ2v) is 3.94. The highest BCUT2D eigenvalue weighted by molar-refractivity contribution is 7.08. The van der Waals surface area contributed by atoms with Crippen LogP contribution in [0.5, 0.6) is 0 Å². The van der Waals surface area contributed by atoms with Crippen LogP contribution in [0.2, 0.25) is 0 Å². The Labute approximate surface area is 90.5 Å². The van der Waals surface area contributed by atoms with Gasteiger partial charge in [0.15, 0.2) is 5.78 Å². The van der Waals surface area contributed by atoms with Crippen LogP contribution < -0.4 is 0 Å². The number of hydrogen-bond donors (Lipinski definition) is 0. The first-order valence-corrected chi connectivity index (χ1v) is 5.21. The standard InChI is InChI=1S/C11H8FNOS/c12-9-3-1-2-8(6-9)7-10(14)11-4-5-13-15-11/h1-6H,7H2. The van der Waals surface area contributed by atoms with E-state index in [-0.39, 0.29) is 18.0 Å². The van der Waals surface area contributed by atoms with Crippen molar-refractivity contribution in [2.24, 2.45) is 0 Å². The van der Waals surface area contributed by atoms with Crippen LogP contribution in [0.25, 0.3) is 0 Å². The van der Waals surface area contributed by atoms with Crippen molar-refractivity contribution >= 4 is 17.3 Å². The van der Waals surface area contributed by atoms with Crippen molar-refractivity contribution in [3.05, 3.63) is 52.8 Å². The molecule has 2 aromatic rings. The van der Waals surface area contributed by atoms with Gasteiger partial charge in [-0.3, -0.25) is 4.79 Å². The lowest BCUT2D eigenvalue weighted by Crippen LogP contribution is -2.01. The fraction of sp³-hybridized carbons (Fsp3) is 0.0909. The van der Waals surface area contributed by atoms with Gasteiger partial charge in [0, 0.05) is 12.6 Å². The van der Waals surface area contributed by atoms with Crippen molar-refractivity contribution in [1.82, 2.24) is 4.37 Å². The van der Waals surface area contributed by atoms with Crippen LogP contribution in [0.1, 0.15) is 15.2 Å². The number of aromatic nitrogens is 1. The normalized spacial score (nSPS) is 10.2. The van der Waals surface area contributed by atoms with Crippen molar-refractivity contribution in [3.8, 4) is 0 Å². The zero-order chi connectivity index (χ0) is 10.7. The number of carbonyl (C=O) groups is 1. The molecule has 0 radical (unpaired) electrons. The average Bonchev–Trinajstić information content (AvgIpc) is 2.70. The van der Waals surface area contributed by atoms with E-state index in [0.29, 0.717) is 10.4 Å². The minimum Gasteiger partial charge on any atom is -0.293 e. The first-order valence-electron chi connectivity index (χ1n) is 4.44. The fourth-order valence-electron chi connectivity index (χ4n) is 1.28. The maximum atomic E-state index is 12.8. The van der Waals surface area contributed by atoms with E-state index in [0.717, 1.165) is 11.5 Å². The highest BCUT2D eigenvalue weighted by atomic mass is 32.1. The van der Waals surface area contributed by atoms with Crippen molar-refractivity contribution in [3.63, 3.8) is 0 Å². The fourth-order valence-corrected chi connectivity index (χ4v) is 1.81. The Morgan fingerprint density at radius 1 is 1.40 bits per heavy atom. The molecule has 0 fully saturated rings. The Hall–Kier alpha value is -1.55. The summed E-state index contributed by atoms with van der Waals surface area (Å²) in [6.07, 6.45) is 1.81. The second-order valence-electron chi connectivity index (χ2n) is 3.11. The molecule has 0 spiro atoms. The summed E-state index contributed by atoms with van der Waals surface area (Å²) in [7, 11) is 0. The van der Waals surface area contributed by atoms with E-state index >= 15 is 0 Å². The third-order valence-electron chi connectivity index (χ3n) is 1.97. The number of ketones is 1. The van der Waals surface area contributed by atoms with Gasteiger partial charge in [0.25, 0.3) is 0 Å². The third-order valence-corrected chi connectivity index (χ3v) is 2.75. The van der Waals surface area contributed by atoms with E-state index in [4.69, 9.17) is 0 Å². The third kappa shape index (κ3) is 2.47. The molecule has 0 saturated heterocycles. The monoisotopic (exact) mass is 221 g/mol. The molecule has 76 valence electrons. The number of benzene rings is 1. The molecule has 1 aromatic heterocycles. The van der Waals surface area contributed by atoms with Gasteiger partial charge in [0.2, 0.25) is 0 Å². The number of halogens is 1. The zero-order valence-electron chi connectivity index (χ0n) is 7.81. The first kappa shape index (κ1) is 9.98. The molecule has 15 heavy (non-hydrogen) atoms. The van der Waals surface area contributed by atoms with Crippen LogP contribution in [-0.2, 0) is 6.42 Å². The summed E-state index contributed by atoms with van der Waals surface area (Å²) in [5.41, 5.74) is 0.688. The van der Waals surface area contributed by atoms with Crippen LogP contribution in [0.4, 0.5) is 4.39 Å². The molecule has 2 rings (SSSR count). The molecule has 0 saturated carbocycles. The molecule has 0 unspecified atom stereocenters. The molecule has 1 aromatic carbocycles. The van der Waals surface area contributed by atoms with Crippen LogP contribution in [-0.4, -0.2) is 10.2 Å². The number of hydrogen-bond acceptors (Lipinski definition) is 3. The summed E-state index contributed by atoms with van der Waals surface area (Å²) >= 11 is 1.16. The minimum atomic E-state index is -0.315. The Morgan fingerprint density at radius 3 is 2.93 bits per heavy atom. The maximum absolute atomic E-state index is 12.8. The lowest BCUT2D eigenvalue weighted by Gasteiger charge is -1.98. The van der Waals surface area contributed by atoms with Gasteiger partial charge < -0.3 is 0 Å². The van der Waals surface area contributed by atoms with Gasteiger partial charge >= 0.3 is 0 Å². The molecular formula is C11H8FNOS.